The lowest BCUT2D eigenvalue weighted by Gasteiger charge is -2.11. The molecule has 0 saturated heterocycles. The highest BCUT2D eigenvalue weighted by Gasteiger charge is 2.13. The Bertz CT molecular complexity index is 289. The Balaban J connectivity index is 2.92. The van der Waals surface area contributed by atoms with Gasteiger partial charge in [0.15, 0.2) is 0 Å². The van der Waals surface area contributed by atoms with Gasteiger partial charge in [0.05, 0.1) is 5.92 Å². The summed E-state index contributed by atoms with van der Waals surface area (Å²) < 4.78 is 0. The number of carbonyl (C=O) groups excluding carboxylic acids is 1. The molecule has 1 atom stereocenters. The maximum Gasteiger partial charge on any atom is 0.138 e. The first-order chi connectivity index (χ1) is 6.15. The Labute approximate surface area is 78.8 Å². The second kappa shape index (κ2) is 4.19. The minimum Gasteiger partial charge on any atom is -0.329 e. The molecule has 0 aliphatic carbocycles. The Hall–Kier alpha value is -1.15. The molecule has 0 amide bonds. The zero-order valence-corrected chi connectivity index (χ0v) is 8.08. The van der Waals surface area contributed by atoms with E-state index in [-0.39, 0.29) is 11.7 Å². The average Bonchev–Trinajstić information content (AvgIpc) is 2.09. The largest absolute Gasteiger partial charge is 0.329 e. The van der Waals surface area contributed by atoms with E-state index in [1.54, 1.807) is 6.92 Å². The van der Waals surface area contributed by atoms with Gasteiger partial charge in [0.2, 0.25) is 0 Å². The third-order valence-electron chi connectivity index (χ3n) is 2.21. The lowest BCUT2D eigenvalue weighted by atomic mass is 9.95. The van der Waals surface area contributed by atoms with Crippen LogP contribution in [0.25, 0.3) is 0 Å². The summed E-state index contributed by atoms with van der Waals surface area (Å²) in [5.41, 5.74) is 7.73. The lowest BCUT2D eigenvalue weighted by molar-refractivity contribution is -0.118. The Kier molecular flexibility index (Phi) is 3.20. The van der Waals surface area contributed by atoms with Crippen LogP contribution in [-0.4, -0.2) is 12.3 Å². The first kappa shape index (κ1) is 9.93. The van der Waals surface area contributed by atoms with Crippen molar-refractivity contribution in [1.82, 2.24) is 0 Å². The van der Waals surface area contributed by atoms with Gasteiger partial charge in [-0.15, -0.1) is 0 Å². The molecule has 1 aromatic carbocycles. The second-order valence-electron chi connectivity index (χ2n) is 3.31. The fraction of sp³-hybridized carbons (Fsp3) is 0.364. The van der Waals surface area contributed by atoms with Crippen LogP contribution in [0, 0.1) is 6.92 Å². The number of hydrogen-bond donors (Lipinski definition) is 1. The third-order valence-corrected chi connectivity index (χ3v) is 2.21. The number of ketones is 1. The molecule has 0 heterocycles. The van der Waals surface area contributed by atoms with Gasteiger partial charge in [0, 0.05) is 6.54 Å². The summed E-state index contributed by atoms with van der Waals surface area (Å²) in [5, 5.41) is 0. The van der Waals surface area contributed by atoms with E-state index in [2.05, 4.69) is 0 Å². The molecule has 2 N–H and O–H groups in total. The van der Waals surface area contributed by atoms with Crippen LogP contribution in [0.4, 0.5) is 0 Å². The molecule has 2 nitrogen and oxygen atoms in total. The van der Waals surface area contributed by atoms with Crippen LogP contribution in [0.1, 0.15) is 24.0 Å². The summed E-state index contributed by atoms with van der Waals surface area (Å²) in [4.78, 5) is 11.2. The van der Waals surface area contributed by atoms with Gasteiger partial charge < -0.3 is 5.73 Å². The van der Waals surface area contributed by atoms with Gasteiger partial charge in [-0.25, -0.2) is 0 Å². The molecule has 0 spiro atoms. The molecule has 13 heavy (non-hydrogen) atoms. The van der Waals surface area contributed by atoms with E-state index >= 15 is 0 Å². The zero-order valence-electron chi connectivity index (χ0n) is 8.08. The summed E-state index contributed by atoms with van der Waals surface area (Å²) in [6, 6.07) is 7.93. The molecule has 0 saturated carbocycles. The van der Waals surface area contributed by atoms with Crippen LogP contribution in [0.15, 0.2) is 24.3 Å². The first-order valence-corrected chi connectivity index (χ1v) is 4.42. The van der Waals surface area contributed by atoms with Gasteiger partial charge in [0.1, 0.15) is 5.78 Å². The van der Waals surface area contributed by atoms with Crippen molar-refractivity contribution in [1.29, 1.82) is 0 Å². The molecule has 0 aliphatic heterocycles. The Morgan fingerprint density at radius 1 is 1.38 bits per heavy atom. The van der Waals surface area contributed by atoms with Crippen LogP contribution in [0.3, 0.4) is 0 Å². The van der Waals surface area contributed by atoms with Gasteiger partial charge in [0.25, 0.3) is 0 Å². The van der Waals surface area contributed by atoms with Crippen molar-refractivity contribution in [3.05, 3.63) is 35.4 Å². The van der Waals surface area contributed by atoms with E-state index in [9.17, 15) is 4.79 Å². The average molecular weight is 177 g/mol. The van der Waals surface area contributed by atoms with E-state index < -0.39 is 0 Å². The highest BCUT2D eigenvalue weighted by Crippen LogP contribution is 2.15. The quantitative estimate of drug-likeness (QED) is 0.762. The van der Waals surface area contributed by atoms with Gasteiger partial charge >= 0.3 is 0 Å². The van der Waals surface area contributed by atoms with Crippen LogP contribution in [0.2, 0.25) is 0 Å². The number of benzene rings is 1. The minimum absolute atomic E-state index is 0.131. The third kappa shape index (κ3) is 2.39. The van der Waals surface area contributed by atoms with E-state index in [1.165, 1.54) is 5.56 Å². The number of nitrogens with two attached hydrogens (primary N) is 1. The van der Waals surface area contributed by atoms with Crippen molar-refractivity contribution in [2.75, 3.05) is 6.54 Å². The van der Waals surface area contributed by atoms with E-state index in [0.717, 1.165) is 5.56 Å². The predicted octanol–water partition coefficient (Wildman–Crippen LogP) is 1.63. The fourth-order valence-electron chi connectivity index (χ4n) is 1.34. The molecule has 1 rings (SSSR count). The van der Waals surface area contributed by atoms with Gasteiger partial charge in [-0.05, 0) is 19.4 Å². The van der Waals surface area contributed by atoms with E-state index in [1.807, 2.05) is 31.2 Å². The molecule has 1 unspecified atom stereocenters. The molecule has 1 aromatic rings. The van der Waals surface area contributed by atoms with Crippen molar-refractivity contribution in [2.45, 2.75) is 19.8 Å². The van der Waals surface area contributed by atoms with Gasteiger partial charge in [-0.3, -0.25) is 4.79 Å². The van der Waals surface area contributed by atoms with Crippen molar-refractivity contribution < 1.29 is 4.79 Å². The molecule has 0 radical (unpaired) electrons. The maximum atomic E-state index is 11.2. The van der Waals surface area contributed by atoms with Crippen LogP contribution in [-0.2, 0) is 4.79 Å². The SMILES string of the molecule is CC(=O)C(CN)c1ccc(C)cc1. The molecular formula is C11H15NO. The molecule has 0 aliphatic rings. The Morgan fingerprint density at radius 2 is 1.92 bits per heavy atom. The molecule has 2 heteroatoms. The number of hydrogen-bond acceptors (Lipinski definition) is 2. The molecule has 70 valence electrons. The highest BCUT2D eigenvalue weighted by molar-refractivity contribution is 5.83. The van der Waals surface area contributed by atoms with Crippen LogP contribution < -0.4 is 5.73 Å². The number of Topliss-reactive ketones (excluding diaryl/α,β-unsaturated/α-hetero) is 1. The van der Waals surface area contributed by atoms with E-state index in [0.29, 0.717) is 6.54 Å². The lowest BCUT2D eigenvalue weighted by Crippen LogP contribution is -2.19. The number of rotatable bonds is 3. The zero-order chi connectivity index (χ0) is 9.84. The normalized spacial score (nSPS) is 12.5. The standard InChI is InChI=1S/C11H15NO/c1-8-3-5-10(6-4-8)11(7-12)9(2)13/h3-6,11H,7,12H2,1-2H3. The van der Waals surface area contributed by atoms with Crippen LogP contribution >= 0.6 is 0 Å². The fourth-order valence-corrected chi connectivity index (χ4v) is 1.34. The summed E-state index contributed by atoms with van der Waals surface area (Å²) in [6.07, 6.45) is 0. The topological polar surface area (TPSA) is 43.1 Å². The summed E-state index contributed by atoms with van der Waals surface area (Å²) >= 11 is 0. The van der Waals surface area contributed by atoms with Crippen molar-refractivity contribution >= 4 is 5.78 Å². The molecule has 0 bridgehead atoms. The monoisotopic (exact) mass is 177 g/mol. The van der Waals surface area contributed by atoms with Gasteiger partial charge in [-0.2, -0.15) is 0 Å². The van der Waals surface area contributed by atoms with Crippen molar-refractivity contribution in [3.63, 3.8) is 0 Å². The Morgan fingerprint density at radius 3 is 2.31 bits per heavy atom. The highest BCUT2D eigenvalue weighted by atomic mass is 16.1. The summed E-state index contributed by atoms with van der Waals surface area (Å²) in [6.45, 7) is 3.99. The van der Waals surface area contributed by atoms with Gasteiger partial charge in [-0.1, -0.05) is 29.8 Å². The molecular weight excluding hydrogens is 162 g/mol. The van der Waals surface area contributed by atoms with Crippen molar-refractivity contribution in [2.24, 2.45) is 5.73 Å². The second-order valence-corrected chi connectivity index (χ2v) is 3.31. The van der Waals surface area contributed by atoms with Crippen LogP contribution in [0.5, 0.6) is 0 Å². The summed E-state index contributed by atoms with van der Waals surface area (Å²) in [5.74, 6) is -0.00745. The van der Waals surface area contributed by atoms with E-state index in [4.69, 9.17) is 5.73 Å². The minimum atomic E-state index is -0.138. The first-order valence-electron chi connectivity index (χ1n) is 4.42. The van der Waals surface area contributed by atoms with Crippen molar-refractivity contribution in [3.8, 4) is 0 Å². The molecule has 0 fully saturated rings. The number of aryl methyl sites for hydroxylation is 1. The molecule has 0 aromatic heterocycles. The summed E-state index contributed by atoms with van der Waals surface area (Å²) in [7, 11) is 0. The maximum absolute atomic E-state index is 11.2. The smallest absolute Gasteiger partial charge is 0.138 e. The number of carbonyl (C=O) groups is 1. The predicted molar refractivity (Wildman–Crippen MR) is 53.7 cm³/mol.